The number of nitrogens with zero attached hydrogens (tertiary/aromatic N) is 3. The van der Waals surface area contributed by atoms with Crippen molar-refractivity contribution in [1.82, 2.24) is 14.7 Å². The number of carbonyl (C=O) groups is 1. The van der Waals surface area contributed by atoms with Gasteiger partial charge in [-0.2, -0.15) is 13.2 Å². The lowest BCUT2D eigenvalue weighted by Gasteiger charge is -2.20. The number of nitrogens with one attached hydrogen (secondary N) is 1. The Balaban J connectivity index is 0.000000370. The smallest absolute Gasteiger partial charge is 0.481 e. The standard InChI is InChI=1S/C13H20N4O4S.C2HF3O2/c1-20-13-3-12(14-8-15-13)17-5-10-9(4-16-22(2,18)19)7-21-11(10)6-17;3-2(4,5)1(6)7/h3,8-11,16H,4-7H2,1-2H3;(H,6,7)/t9-,10+,11+;/m0./s1. The van der Waals surface area contributed by atoms with Gasteiger partial charge in [0.25, 0.3) is 0 Å². The van der Waals surface area contributed by atoms with Gasteiger partial charge in [0.2, 0.25) is 15.9 Å². The van der Waals surface area contributed by atoms with Crippen LogP contribution in [0, 0.1) is 11.8 Å². The molecule has 0 aliphatic carbocycles. The first-order chi connectivity index (χ1) is 13.4. The van der Waals surface area contributed by atoms with Crippen molar-refractivity contribution in [2.75, 3.05) is 44.5 Å². The largest absolute Gasteiger partial charge is 0.490 e. The van der Waals surface area contributed by atoms with Crippen LogP contribution in [0.5, 0.6) is 5.88 Å². The number of ether oxygens (including phenoxy) is 2. The Morgan fingerprint density at radius 1 is 1.41 bits per heavy atom. The molecule has 0 spiro atoms. The Morgan fingerprint density at radius 3 is 2.62 bits per heavy atom. The van der Waals surface area contributed by atoms with E-state index in [0.717, 1.165) is 18.9 Å². The highest BCUT2D eigenvalue weighted by Gasteiger charge is 2.44. The molecule has 3 rings (SSSR count). The number of carboxylic acids is 1. The van der Waals surface area contributed by atoms with Gasteiger partial charge in [-0.15, -0.1) is 0 Å². The summed E-state index contributed by atoms with van der Waals surface area (Å²) in [6.07, 6.45) is -2.31. The molecule has 0 saturated carbocycles. The van der Waals surface area contributed by atoms with Gasteiger partial charge in [0.05, 0.1) is 26.1 Å². The average molecular weight is 442 g/mol. The van der Waals surface area contributed by atoms with Crippen molar-refractivity contribution in [3.05, 3.63) is 12.4 Å². The number of fused-ring (bicyclic) bond motifs is 1. The minimum atomic E-state index is -5.08. The van der Waals surface area contributed by atoms with Crippen LogP contribution in [0.25, 0.3) is 0 Å². The second-order valence-electron chi connectivity index (χ2n) is 6.54. The molecule has 3 atom stereocenters. The van der Waals surface area contributed by atoms with Gasteiger partial charge in [0, 0.05) is 37.5 Å². The van der Waals surface area contributed by atoms with Crippen LogP contribution in [0.1, 0.15) is 0 Å². The summed E-state index contributed by atoms with van der Waals surface area (Å²) in [5, 5.41) is 7.12. The van der Waals surface area contributed by atoms with Gasteiger partial charge in [-0.3, -0.25) is 0 Å². The van der Waals surface area contributed by atoms with E-state index in [1.807, 2.05) is 0 Å². The van der Waals surface area contributed by atoms with Crippen molar-refractivity contribution in [2.24, 2.45) is 11.8 Å². The Morgan fingerprint density at radius 2 is 2.07 bits per heavy atom. The van der Waals surface area contributed by atoms with E-state index in [9.17, 15) is 21.6 Å². The van der Waals surface area contributed by atoms with E-state index in [4.69, 9.17) is 19.4 Å². The number of aliphatic carboxylic acids is 1. The molecule has 0 aromatic carbocycles. The van der Waals surface area contributed by atoms with Gasteiger partial charge >= 0.3 is 12.1 Å². The Hall–Kier alpha value is -2.19. The second kappa shape index (κ2) is 9.09. The number of hydrogen-bond acceptors (Lipinski definition) is 8. The normalized spacial score (nSPS) is 23.9. The summed E-state index contributed by atoms with van der Waals surface area (Å²) in [4.78, 5) is 19.3. The number of rotatable bonds is 5. The third kappa shape index (κ3) is 6.68. The summed E-state index contributed by atoms with van der Waals surface area (Å²) in [6.45, 7) is 2.56. The maximum Gasteiger partial charge on any atom is 0.490 e. The van der Waals surface area contributed by atoms with Gasteiger partial charge in [-0.1, -0.05) is 0 Å². The fourth-order valence-corrected chi connectivity index (χ4v) is 3.59. The minimum absolute atomic E-state index is 0.118. The topological polar surface area (TPSA) is 131 Å². The summed E-state index contributed by atoms with van der Waals surface area (Å²) in [5.41, 5.74) is 0. The quantitative estimate of drug-likeness (QED) is 0.653. The number of sulfonamides is 1. The zero-order chi connectivity index (χ0) is 21.8. The predicted octanol–water partition coefficient (Wildman–Crippen LogP) is 0.119. The van der Waals surface area contributed by atoms with Crippen LogP contribution in [-0.2, 0) is 19.6 Å². The third-order valence-electron chi connectivity index (χ3n) is 4.45. The van der Waals surface area contributed by atoms with E-state index >= 15 is 0 Å². The number of anilines is 1. The third-order valence-corrected chi connectivity index (χ3v) is 5.14. The highest BCUT2D eigenvalue weighted by atomic mass is 32.2. The van der Waals surface area contributed by atoms with Crippen molar-refractivity contribution < 1.29 is 41.0 Å². The summed E-state index contributed by atoms with van der Waals surface area (Å²) in [7, 11) is -1.60. The van der Waals surface area contributed by atoms with Gasteiger partial charge in [0.15, 0.2) is 0 Å². The minimum Gasteiger partial charge on any atom is -0.481 e. The van der Waals surface area contributed by atoms with Crippen LogP contribution < -0.4 is 14.4 Å². The Labute approximate surface area is 165 Å². The molecule has 1 aromatic heterocycles. The summed E-state index contributed by atoms with van der Waals surface area (Å²) >= 11 is 0. The molecular formula is C15H21F3N4O6S. The van der Waals surface area contributed by atoms with E-state index in [0.29, 0.717) is 24.9 Å². The van der Waals surface area contributed by atoms with Crippen molar-refractivity contribution in [2.45, 2.75) is 12.3 Å². The first-order valence-electron chi connectivity index (χ1n) is 8.38. The second-order valence-corrected chi connectivity index (χ2v) is 8.38. The molecular weight excluding hydrogens is 421 g/mol. The maximum atomic E-state index is 11.2. The van der Waals surface area contributed by atoms with Gasteiger partial charge in [-0.05, 0) is 0 Å². The number of halogens is 3. The summed E-state index contributed by atoms with van der Waals surface area (Å²) < 4.78 is 67.7. The van der Waals surface area contributed by atoms with E-state index < -0.39 is 22.2 Å². The number of carboxylic acid groups (broad SMARTS) is 1. The van der Waals surface area contributed by atoms with Crippen LogP contribution in [0.4, 0.5) is 19.0 Å². The molecule has 164 valence electrons. The van der Waals surface area contributed by atoms with Gasteiger partial charge < -0.3 is 19.5 Å². The van der Waals surface area contributed by atoms with Crippen molar-refractivity contribution >= 4 is 21.8 Å². The lowest BCUT2D eigenvalue weighted by atomic mass is 9.93. The van der Waals surface area contributed by atoms with Crippen molar-refractivity contribution in [1.29, 1.82) is 0 Å². The fourth-order valence-electron chi connectivity index (χ4n) is 3.07. The average Bonchev–Trinajstić information content (AvgIpc) is 3.20. The Bertz CT molecular complexity index is 823. The summed E-state index contributed by atoms with van der Waals surface area (Å²) in [6, 6.07) is 1.80. The molecule has 3 heterocycles. The van der Waals surface area contributed by atoms with E-state index in [2.05, 4.69) is 19.6 Å². The molecule has 10 nitrogen and oxygen atoms in total. The van der Waals surface area contributed by atoms with Crippen LogP contribution in [0.15, 0.2) is 12.4 Å². The molecule has 0 amide bonds. The number of aromatic nitrogens is 2. The Kier molecular flexibility index (Phi) is 7.24. The SMILES string of the molecule is COc1cc(N2C[C@@H]3[C@@H](CNS(C)(=O)=O)CO[C@@H]3C2)ncn1.O=C(O)C(F)(F)F. The monoisotopic (exact) mass is 442 g/mol. The van der Waals surface area contributed by atoms with Crippen LogP contribution in [0.2, 0.25) is 0 Å². The zero-order valence-corrected chi connectivity index (χ0v) is 16.4. The number of alkyl halides is 3. The molecule has 2 saturated heterocycles. The van der Waals surface area contributed by atoms with Crippen molar-refractivity contribution in [3.8, 4) is 5.88 Å². The van der Waals surface area contributed by atoms with Crippen LogP contribution >= 0.6 is 0 Å². The molecule has 0 radical (unpaired) electrons. The van der Waals surface area contributed by atoms with E-state index in [-0.39, 0.29) is 12.0 Å². The first kappa shape index (κ1) is 23.1. The van der Waals surface area contributed by atoms with Crippen LogP contribution in [-0.4, -0.2) is 81.3 Å². The molecule has 2 aliphatic heterocycles. The van der Waals surface area contributed by atoms with Gasteiger partial charge in [-0.25, -0.2) is 27.9 Å². The summed E-state index contributed by atoms with van der Waals surface area (Å²) in [5.74, 6) is -0.936. The van der Waals surface area contributed by atoms with Gasteiger partial charge in [0.1, 0.15) is 12.1 Å². The molecule has 2 N–H and O–H groups in total. The number of hydrogen-bond donors (Lipinski definition) is 2. The predicted molar refractivity (Wildman–Crippen MR) is 94.1 cm³/mol. The lowest BCUT2D eigenvalue weighted by Crippen LogP contribution is -2.33. The molecule has 29 heavy (non-hydrogen) atoms. The highest BCUT2D eigenvalue weighted by molar-refractivity contribution is 7.88. The molecule has 0 unspecified atom stereocenters. The van der Waals surface area contributed by atoms with Crippen LogP contribution in [0.3, 0.4) is 0 Å². The fraction of sp³-hybridized carbons (Fsp3) is 0.667. The number of methoxy groups -OCH3 is 1. The lowest BCUT2D eigenvalue weighted by molar-refractivity contribution is -0.192. The van der Waals surface area contributed by atoms with E-state index in [1.54, 1.807) is 13.2 Å². The molecule has 14 heteroatoms. The van der Waals surface area contributed by atoms with E-state index in [1.165, 1.54) is 12.6 Å². The zero-order valence-electron chi connectivity index (χ0n) is 15.6. The molecule has 2 fully saturated rings. The maximum absolute atomic E-state index is 11.2. The molecule has 0 bridgehead atoms. The molecule has 2 aliphatic rings. The van der Waals surface area contributed by atoms with Crippen molar-refractivity contribution in [3.63, 3.8) is 0 Å². The molecule has 1 aromatic rings. The highest BCUT2D eigenvalue weighted by Crippen LogP contribution is 2.35. The first-order valence-corrected chi connectivity index (χ1v) is 10.3.